The van der Waals surface area contributed by atoms with Crippen molar-refractivity contribution < 1.29 is 19.3 Å². The normalized spacial score (nSPS) is 19.1. The molecule has 35 heavy (non-hydrogen) atoms. The number of anilines is 1. The first-order valence-corrected chi connectivity index (χ1v) is 11.2. The van der Waals surface area contributed by atoms with Crippen molar-refractivity contribution in [3.63, 3.8) is 0 Å². The van der Waals surface area contributed by atoms with Crippen molar-refractivity contribution in [2.45, 2.75) is 38.5 Å². The summed E-state index contributed by atoms with van der Waals surface area (Å²) >= 11 is 0. The summed E-state index contributed by atoms with van der Waals surface area (Å²) in [5.74, 6) is -1.09. The number of imide groups is 1. The fourth-order valence-electron chi connectivity index (χ4n) is 5.02. The molecule has 0 spiro atoms. The van der Waals surface area contributed by atoms with Crippen LogP contribution in [-0.4, -0.2) is 43.1 Å². The SMILES string of the molecule is O=C1CCC(N2Cc3cc(-n4cc5c(c4)CN(c4ccc([N+](=O)[O-])nc4)C5)ccc3C2=O)C(=O)N1. The first-order chi connectivity index (χ1) is 16.9. The van der Waals surface area contributed by atoms with E-state index in [4.69, 9.17) is 0 Å². The fourth-order valence-corrected chi connectivity index (χ4v) is 5.02. The Hall–Kier alpha value is -4.54. The van der Waals surface area contributed by atoms with Crippen LogP contribution in [0.1, 0.15) is 39.9 Å². The standard InChI is InChI=1S/C24H20N6O5/c31-22-6-4-20(23(32)26-22)29-13-14-7-17(1-3-19(14)24(29)33)27-9-15-11-28(12-16(15)10-27)18-2-5-21(25-8-18)30(34)35/h1-3,5,7-10,20H,4,6,11-13H2,(H,26,31,32). The van der Waals surface area contributed by atoms with Crippen molar-refractivity contribution in [1.29, 1.82) is 0 Å². The van der Waals surface area contributed by atoms with Crippen molar-refractivity contribution in [2.24, 2.45) is 0 Å². The van der Waals surface area contributed by atoms with Gasteiger partial charge in [-0.15, -0.1) is 0 Å². The van der Waals surface area contributed by atoms with Gasteiger partial charge in [0.1, 0.15) is 6.04 Å². The quantitative estimate of drug-likeness (QED) is 0.349. The van der Waals surface area contributed by atoms with Gasteiger partial charge in [0.25, 0.3) is 5.91 Å². The second kappa shape index (κ2) is 7.76. The van der Waals surface area contributed by atoms with Crippen molar-refractivity contribution in [3.8, 4) is 5.69 Å². The summed E-state index contributed by atoms with van der Waals surface area (Å²) in [4.78, 5) is 54.5. The number of aromatic nitrogens is 2. The summed E-state index contributed by atoms with van der Waals surface area (Å²) in [7, 11) is 0. The maximum Gasteiger partial charge on any atom is 0.363 e. The Bertz CT molecular complexity index is 1390. The van der Waals surface area contributed by atoms with Gasteiger partial charge in [0.15, 0.2) is 6.20 Å². The number of piperidine rings is 1. The summed E-state index contributed by atoms with van der Waals surface area (Å²) in [6.07, 6.45) is 6.17. The Morgan fingerprint density at radius 1 is 0.971 bits per heavy atom. The number of carbonyl (C=O) groups is 3. The van der Waals surface area contributed by atoms with Crippen molar-refractivity contribution >= 4 is 29.2 Å². The highest BCUT2D eigenvalue weighted by Gasteiger charge is 2.39. The van der Waals surface area contributed by atoms with Crippen LogP contribution < -0.4 is 10.2 Å². The highest BCUT2D eigenvalue weighted by molar-refractivity contribution is 6.05. The molecule has 5 heterocycles. The first-order valence-electron chi connectivity index (χ1n) is 11.2. The molecule has 0 radical (unpaired) electrons. The molecule has 1 aromatic carbocycles. The molecular formula is C24H20N6O5. The molecule has 176 valence electrons. The molecule has 1 unspecified atom stereocenters. The van der Waals surface area contributed by atoms with E-state index in [0.29, 0.717) is 31.6 Å². The van der Waals surface area contributed by atoms with Gasteiger partial charge in [-0.3, -0.25) is 19.7 Å². The molecule has 1 fully saturated rings. The number of pyridine rings is 1. The molecule has 1 saturated heterocycles. The molecule has 6 rings (SSSR count). The Balaban J connectivity index is 1.19. The second-order valence-electron chi connectivity index (χ2n) is 8.95. The third-order valence-corrected chi connectivity index (χ3v) is 6.81. The summed E-state index contributed by atoms with van der Waals surface area (Å²) < 4.78 is 2.02. The number of hydrogen-bond donors (Lipinski definition) is 1. The highest BCUT2D eigenvalue weighted by atomic mass is 16.6. The van der Waals surface area contributed by atoms with Crippen LogP contribution in [-0.2, 0) is 29.2 Å². The molecule has 1 atom stereocenters. The van der Waals surface area contributed by atoms with E-state index >= 15 is 0 Å². The van der Waals surface area contributed by atoms with Crippen LogP contribution in [0.4, 0.5) is 11.5 Å². The molecule has 11 nitrogen and oxygen atoms in total. The van der Waals surface area contributed by atoms with Gasteiger partial charge in [0.05, 0.1) is 5.69 Å². The van der Waals surface area contributed by atoms with Gasteiger partial charge >= 0.3 is 5.82 Å². The number of benzene rings is 1. The molecule has 0 saturated carbocycles. The zero-order valence-electron chi connectivity index (χ0n) is 18.5. The number of amides is 3. The van der Waals surface area contributed by atoms with E-state index in [1.54, 1.807) is 17.0 Å². The molecule has 3 aliphatic heterocycles. The molecule has 0 bridgehead atoms. The number of nitrogens with zero attached hydrogens (tertiary/aromatic N) is 5. The first kappa shape index (κ1) is 21.0. The lowest BCUT2D eigenvalue weighted by Crippen LogP contribution is -2.52. The van der Waals surface area contributed by atoms with Crippen molar-refractivity contribution in [1.82, 2.24) is 19.8 Å². The second-order valence-corrected chi connectivity index (χ2v) is 8.95. The van der Waals surface area contributed by atoms with Gasteiger partial charge in [-0.05, 0) is 57.3 Å². The minimum atomic E-state index is -0.633. The summed E-state index contributed by atoms with van der Waals surface area (Å²) in [6.45, 7) is 1.65. The Morgan fingerprint density at radius 2 is 1.71 bits per heavy atom. The van der Waals surface area contributed by atoms with Crippen molar-refractivity contribution in [3.05, 3.63) is 81.3 Å². The lowest BCUT2D eigenvalue weighted by molar-refractivity contribution is -0.389. The van der Waals surface area contributed by atoms with Gasteiger partial charge < -0.3 is 24.5 Å². The lowest BCUT2D eigenvalue weighted by Gasteiger charge is -2.29. The maximum absolute atomic E-state index is 12.9. The van der Waals surface area contributed by atoms with Gasteiger partial charge in [0, 0.05) is 55.8 Å². The molecule has 11 heteroatoms. The average molecular weight is 472 g/mol. The number of carbonyl (C=O) groups excluding carboxylic acids is 3. The van der Waals surface area contributed by atoms with E-state index in [-0.39, 0.29) is 24.1 Å². The van der Waals surface area contributed by atoms with Crippen molar-refractivity contribution in [2.75, 3.05) is 4.90 Å². The number of hydrogen-bond acceptors (Lipinski definition) is 7. The van der Waals surface area contributed by atoms with E-state index in [1.165, 1.54) is 12.3 Å². The van der Waals surface area contributed by atoms with E-state index in [2.05, 4.69) is 15.2 Å². The fraction of sp³-hybridized carbons (Fsp3) is 0.250. The third-order valence-electron chi connectivity index (χ3n) is 6.81. The number of nitro groups is 1. The Labute approximate surface area is 199 Å². The molecule has 3 amide bonds. The van der Waals surface area contributed by atoms with Crippen LogP contribution in [0, 0.1) is 10.1 Å². The predicted octanol–water partition coefficient (Wildman–Crippen LogP) is 2.06. The molecule has 2 aromatic heterocycles. The number of fused-ring (bicyclic) bond motifs is 2. The molecular weight excluding hydrogens is 452 g/mol. The topological polar surface area (TPSA) is 131 Å². The smallest absolute Gasteiger partial charge is 0.360 e. The summed E-state index contributed by atoms with van der Waals surface area (Å²) in [6, 6.07) is 8.12. The zero-order valence-corrected chi connectivity index (χ0v) is 18.5. The number of rotatable bonds is 4. The predicted molar refractivity (Wildman–Crippen MR) is 123 cm³/mol. The van der Waals surface area contributed by atoms with E-state index in [1.807, 2.05) is 29.1 Å². The maximum atomic E-state index is 12.9. The molecule has 3 aromatic rings. The van der Waals surface area contributed by atoms with E-state index in [0.717, 1.165) is 28.1 Å². The Kier molecular flexibility index (Phi) is 4.66. The Morgan fingerprint density at radius 3 is 2.37 bits per heavy atom. The molecule has 0 aliphatic carbocycles. The van der Waals surface area contributed by atoms with Gasteiger partial charge in [-0.2, -0.15) is 0 Å². The van der Waals surface area contributed by atoms with Crippen LogP contribution in [0.15, 0.2) is 48.9 Å². The monoisotopic (exact) mass is 472 g/mol. The highest BCUT2D eigenvalue weighted by Crippen LogP contribution is 2.32. The van der Waals surface area contributed by atoms with Crippen LogP contribution in [0.2, 0.25) is 0 Å². The third kappa shape index (κ3) is 3.52. The zero-order chi connectivity index (χ0) is 24.3. The molecule has 3 aliphatic rings. The minimum Gasteiger partial charge on any atom is -0.360 e. The average Bonchev–Trinajstić information content (AvgIpc) is 3.51. The summed E-state index contributed by atoms with van der Waals surface area (Å²) in [5, 5.41) is 13.2. The van der Waals surface area contributed by atoms with E-state index in [9.17, 15) is 24.5 Å². The van der Waals surface area contributed by atoms with Crippen LogP contribution >= 0.6 is 0 Å². The number of nitrogens with one attached hydrogen (secondary N) is 1. The lowest BCUT2D eigenvalue weighted by atomic mass is 10.0. The summed E-state index contributed by atoms with van der Waals surface area (Å²) in [5.41, 5.74) is 5.46. The van der Waals surface area contributed by atoms with Gasteiger partial charge in [0.2, 0.25) is 11.8 Å². The van der Waals surface area contributed by atoms with Crippen LogP contribution in [0.3, 0.4) is 0 Å². The van der Waals surface area contributed by atoms with E-state index < -0.39 is 16.9 Å². The largest absolute Gasteiger partial charge is 0.363 e. The van der Waals surface area contributed by atoms with Gasteiger partial charge in [-0.1, -0.05) is 0 Å². The molecule has 1 N–H and O–H groups in total. The van der Waals surface area contributed by atoms with Crippen LogP contribution in [0.25, 0.3) is 5.69 Å². The minimum absolute atomic E-state index is 0.177. The van der Waals surface area contributed by atoms with Gasteiger partial charge in [-0.25, -0.2) is 0 Å². The van der Waals surface area contributed by atoms with Crippen LogP contribution in [0.5, 0.6) is 0 Å².